The summed E-state index contributed by atoms with van der Waals surface area (Å²) in [5.41, 5.74) is 0.193. The lowest BCUT2D eigenvalue weighted by molar-refractivity contribution is -0.173. The SMILES string of the molecule is CC1(C)CCCCC2CC(C1)C(=O)OC2=O. The number of carbonyl (C=O) groups excluding carboxylic acids is 2. The Labute approximate surface area is 96.5 Å². The Morgan fingerprint density at radius 3 is 2.56 bits per heavy atom. The quantitative estimate of drug-likeness (QED) is 0.469. The molecule has 0 N–H and O–H groups in total. The fraction of sp³-hybridized carbons (Fsp3) is 0.846. The van der Waals surface area contributed by atoms with E-state index in [-0.39, 0.29) is 29.2 Å². The molecule has 16 heavy (non-hydrogen) atoms. The van der Waals surface area contributed by atoms with Crippen LogP contribution in [0, 0.1) is 17.3 Å². The van der Waals surface area contributed by atoms with Crippen molar-refractivity contribution < 1.29 is 14.3 Å². The number of fused-ring (bicyclic) bond motifs is 2. The van der Waals surface area contributed by atoms with Crippen LogP contribution in [0.4, 0.5) is 0 Å². The summed E-state index contributed by atoms with van der Waals surface area (Å²) in [6, 6.07) is 0. The summed E-state index contributed by atoms with van der Waals surface area (Å²) in [6.07, 6.45) is 5.81. The average Bonchev–Trinajstić information content (AvgIpc) is 2.24. The molecule has 2 unspecified atom stereocenters. The average molecular weight is 224 g/mol. The van der Waals surface area contributed by atoms with Crippen LogP contribution in [0.3, 0.4) is 0 Å². The van der Waals surface area contributed by atoms with E-state index in [0.717, 1.165) is 32.1 Å². The van der Waals surface area contributed by atoms with Crippen molar-refractivity contribution in [2.24, 2.45) is 17.3 Å². The van der Waals surface area contributed by atoms with Crippen molar-refractivity contribution in [2.75, 3.05) is 0 Å². The van der Waals surface area contributed by atoms with Crippen molar-refractivity contribution >= 4 is 11.9 Å². The summed E-state index contributed by atoms with van der Waals surface area (Å²) in [5.74, 6) is -0.676. The first-order valence-corrected chi connectivity index (χ1v) is 6.23. The van der Waals surface area contributed by atoms with E-state index in [9.17, 15) is 9.59 Å². The van der Waals surface area contributed by atoms with Crippen molar-refractivity contribution in [1.82, 2.24) is 0 Å². The molecule has 1 aliphatic carbocycles. The first-order valence-electron chi connectivity index (χ1n) is 6.23. The van der Waals surface area contributed by atoms with Gasteiger partial charge in [0.15, 0.2) is 0 Å². The standard InChI is InChI=1S/C13H20O3/c1-13(2)6-4-3-5-9-7-10(8-13)12(15)16-11(9)14/h9-10H,3-8H2,1-2H3. The van der Waals surface area contributed by atoms with Gasteiger partial charge in [0.05, 0.1) is 11.8 Å². The van der Waals surface area contributed by atoms with Gasteiger partial charge >= 0.3 is 11.9 Å². The fourth-order valence-corrected chi connectivity index (χ4v) is 2.97. The number of hydrogen-bond acceptors (Lipinski definition) is 3. The topological polar surface area (TPSA) is 43.4 Å². The molecule has 3 nitrogen and oxygen atoms in total. The van der Waals surface area contributed by atoms with Gasteiger partial charge in [0, 0.05) is 0 Å². The van der Waals surface area contributed by atoms with Gasteiger partial charge in [-0.3, -0.25) is 9.59 Å². The maximum absolute atomic E-state index is 11.6. The first kappa shape index (κ1) is 11.6. The fourth-order valence-electron chi connectivity index (χ4n) is 2.97. The van der Waals surface area contributed by atoms with Gasteiger partial charge in [0.2, 0.25) is 0 Å². The van der Waals surface area contributed by atoms with Crippen LogP contribution in [0.15, 0.2) is 0 Å². The lowest BCUT2D eigenvalue weighted by atomic mass is 9.77. The molecule has 0 aromatic carbocycles. The van der Waals surface area contributed by atoms with Crippen molar-refractivity contribution in [3.8, 4) is 0 Å². The second kappa shape index (κ2) is 4.19. The van der Waals surface area contributed by atoms with Crippen molar-refractivity contribution in [2.45, 2.75) is 52.4 Å². The second-order valence-corrected chi connectivity index (χ2v) is 5.98. The van der Waals surface area contributed by atoms with Gasteiger partial charge in [-0.25, -0.2) is 0 Å². The Bertz CT molecular complexity index is 306. The van der Waals surface area contributed by atoms with E-state index in [2.05, 4.69) is 13.8 Å². The summed E-state index contributed by atoms with van der Waals surface area (Å²) in [6.45, 7) is 4.41. The molecule has 2 aliphatic rings. The Balaban J connectivity index is 2.16. The van der Waals surface area contributed by atoms with Crippen LogP contribution in [-0.2, 0) is 14.3 Å². The number of cyclic esters (lactones) is 2. The van der Waals surface area contributed by atoms with E-state index in [1.807, 2.05) is 0 Å². The van der Waals surface area contributed by atoms with E-state index in [4.69, 9.17) is 4.74 Å². The van der Waals surface area contributed by atoms with Gasteiger partial charge in [-0.05, 0) is 31.1 Å². The minimum atomic E-state index is -0.295. The molecule has 0 spiro atoms. The Morgan fingerprint density at radius 2 is 1.81 bits per heavy atom. The molecule has 2 rings (SSSR count). The predicted molar refractivity (Wildman–Crippen MR) is 59.6 cm³/mol. The van der Waals surface area contributed by atoms with E-state index >= 15 is 0 Å². The third kappa shape index (κ3) is 2.45. The number of esters is 2. The highest BCUT2D eigenvalue weighted by atomic mass is 16.6. The zero-order valence-corrected chi connectivity index (χ0v) is 10.1. The highest BCUT2D eigenvalue weighted by molar-refractivity contribution is 5.90. The van der Waals surface area contributed by atoms with Gasteiger partial charge in [0.25, 0.3) is 0 Å². The molecule has 1 aliphatic heterocycles. The van der Waals surface area contributed by atoms with E-state index in [1.165, 1.54) is 0 Å². The molecule has 0 aromatic rings. The van der Waals surface area contributed by atoms with Crippen LogP contribution < -0.4 is 0 Å². The van der Waals surface area contributed by atoms with Gasteiger partial charge in [-0.15, -0.1) is 0 Å². The third-order valence-corrected chi connectivity index (χ3v) is 3.89. The van der Waals surface area contributed by atoms with Gasteiger partial charge < -0.3 is 4.74 Å². The summed E-state index contributed by atoms with van der Waals surface area (Å²) < 4.78 is 4.86. The van der Waals surface area contributed by atoms with Gasteiger partial charge in [-0.2, -0.15) is 0 Å². The smallest absolute Gasteiger partial charge is 0.316 e. The minimum Gasteiger partial charge on any atom is -0.393 e. The third-order valence-electron chi connectivity index (χ3n) is 3.89. The minimum absolute atomic E-state index is 0.0309. The molecular weight excluding hydrogens is 204 g/mol. The second-order valence-electron chi connectivity index (χ2n) is 5.98. The van der Waals surface area contributed by atoms with Gasteiger partial charge in [0.1, 0.15) is 0 Å². The summed E-state index contributed by atoms with van der Waals surface area (Å²) >= 11 is 0. The molecule has 0 aromatic heterocycles. The predicted octanol–water partition coefficient (Wildman–Crippen LogP) is 2.68. The number of ether oxygens (including phenoxy) is 1. The number of carbonyl (C=O) groups is 2. The van der Waals surface area contributed by atoms with Crippen molar-refractivity contribution in [1.29, 1.82) is 0 Å². The van der Waals surface area contributed by atoms with Crippen LogP contribution in [0.1, 0.15) is 52.4 Å². The largest absolute Gasteiger partial charge is 0.393 e. The summed E-state index contributed by atoms with van der Waals surface area (Å²) in [4.78, 5) is 23.1. The van der Waals surface area contributed by atoms with Crippen LogP contribution in [0.5, 0.6) is 0 Å². The van der Waals surface area contributed by atoms with E-state index in [0.29, 0.717) is 6.42 Å². The zero-order valence-electron chi connectivity index (χ0n) is 10.1. The highest BCUT2D eigenvalue weighted by Crippen LogP contribution is 2.39. The zero-order chi connectivity index (χ0) is 11.8. The van der Waals surface area contributed by atoms with Crippen LogP contribution >= 0.6 is 0 Å². The monoisotopic (exact) mass is 224 g/mol. The molecule has 90 valence electrons. The molecule has 1 heterocycles. The molecule has 1 saturated carbocycles. The number of rotatable bonds is 0. The van der Waals surface area contributed by atoms with Crippen LogP contribution in [-0.4, -0.2) is 11.9 Å². The molecule has 0 amide bonds. The van der Waals surface area contributed by atoms with Crippen LogP contribution in [0.25, 0.3) is 0 Å². The lowest BCUT2D eigenvalue weighted by Crippen LogP contribution is -2.36. The highest BCUT2D eigenvalue weighted by Gasteiger charge is 2.40. The van der Waals surface area contributed by atoms with E-state index in [1.54, 1.807) is 0 Å². The normalized spacial score (nSPS) is 34.6. The maximum atomic E-state index is 11.6. The van der Waals surface area contributed by atoms with Crippen molar-refractivity contribution in [3.05, 3.63) is 0 Å². The molecule has 0 radical (unpaired) electrons. The molecule has 2 bridgehead atoms. The van der Waals surface area contributed by atoms with Crippen LogP contribution in [0.2, 0.25) is 0 Å². The summed E-state index contributed by atoms with van der Waals surface area (Å²) in [7, 11) is 0. The molecule has 1 saturated heterocycles. The van der Waals surface area contributed by atoms with Crippen molar-refractivity contribution in [3.63, 3.8) is 0 Å². The first-order chi connectivity index (χ1) is 7.48. The maximum Gasteiger partial charge on any atom is 0.316 e. The molecule has 3 heteroatoms. The summed E-state index contributed by atoms with van der Waals surface area (Å²) in [5, 5.41) is 0. The van der Waals surface area contributed by atoms with E-state index < -0.39 is 0 Å². The van der Waals surface area contributed by atoms with Gasteiger partial charge in [-0.1, -0.05) is 26.7 Å². The Morgan fingerprint density at radius 1 is 1.12 bits per heavy atom. The molecular formula is C13H20O3. The Kier molecular flexibility index (Phi) is 3.04. The molecule has 2 fully saturated rings. The lowest BCUT2D eigenvalue weighted by Gasteiger charge is -2.30. The number of hydrogen-bond donors (Lipinski definition) is 0. The molecule has 2 atom stereocenters. The Hall–Kier alpha value is -0.860.